The molecule has 35 heavy (non-hydrogen) atoms. The number of aryl methyl sites for hydroxylation is 1. The Labute approximate surface area is 193 Å². The number of hydrogen-bond donors (Lipinski definition) is 0. The third-order valence-electron chi connectivity index (χ3n) is 4.75. The maximum atomic E-state index is 13.9. The van der Waals surface area contributed by atoms with Gasteiger partial charge in [0.1, 0.15) is 7.05 Å². The first-order valence-electron chi connectivity index (χ1n) is 9.41. The van der Waals surface area contributed by atoms with Crippen molar-refractivity contribution in [2.45, 2.75) is 5.51 Å². The van der Waals surface area contributed by atoms with Crippen LogP contribution in [0.2, 0.25) is 0 Å². The second-order valence-electron chi connectivity index (χ2n) is 6.93. The summed E-state index contributed by atoms with van der Waals surface area (Å²) >= 11 is 0. The normalized spacial score (nSPS) is 11.8. The standard InChI is InChI=1S/C21H13F3NO2.CHF3O3S/c1-25-16-8-4-2-6-12(16)18(13-7-3-5-9-17(13)25)21(26)27-20-15(23)11-10-14(22)19(20)24;2-1(3,4)8(5,6)7/h2-11H,1H3;(H,5,6,7)/q+1;/p-1. The highest BCUT2D eigenvalue weighted by atomic mass is 32.2. The Morgan fingerprint density at radius 2 is 1.29 bits per heavy atom. The molecule has 13 heteroatoms. The second kappa shape index (κ2) is 9.50. The number of rotatable bonds is 2. The zero-order valence-electron chi connectivity index (χ0n) is 17.4. The molecular weight excluding hydrogens is 504 g/mol. The van der Waals surface area contributed by atoms with Gasteiger partial charge in [0.15, 0.2) is 21.8 Å². The zero-order valence-corrected chi connectivity index (χ0v) is 18.3. The number of halogens is 6. The number of alkyl halides is 3. The zero-order chi connectivity index (χ0) is 26.1. The van der Waals surface area contributed by atoms with Crippen LogP contribution in [0.15, 0.2) is 60.7 Å². The van der Waals surface area contributed by atoms with Crippen molar-refractivity contribution >= 4 is 37.9 Å². The van der Waals surface area contributed by atoms with E-state index in [0.717, 1.165) is 11.0 Å². The molecule has 4 aromatic rings. The summed E-state index contributed by atoms with van der Waals surface area (Å²) < 4.78 is 107. The number of carbonyl (C=O) groups excluding carboxylic acids is 1. The third-order valence-corrected chi connectivity index (χ3v) is 5.32. The van der Waals surface area contributed by atoms with E-state index in [9.17, 15) is 31.1 Å². The van der Waals surface area contributed by atoms with E-state index >= 15 is 0 Å². The molecular formula is C22H13F6NO5S. The number of para-hydroxylation sites is 2. The van der Waals surface area contributed by atoms with Crippen molar-refractivity contribution in [1.82, 2.24) is 0 Å². The smallest absolute Gasteiger partial charge is 0.485 e. The maximum absolute atomic E-state index is 13.9. The molecule has 0 bridgehead atoms. The van der Waals surface area contributed by atoms with E-state index in [1.807, 2.05) is 35.9 Å². The molecule has 1 aromatic heterocycles. The van der Waals surface area contributed by atoms with Crippen molar-refractivity contribution in [2.75, 3.05) is 0 Å². The summed E-state index contributed by atoms with van der Waals surface area (Å²) in [6.45, 7) is 0. The molecule has 0 aliphatic heterocycles. The predicted molar refractivity (Wildman–Crippen MR) is 110 cm³/mol. The largest absolute Gasteiger partial charge is 0.741 e. The number of pyridine rings is 1. The Hall–Kier alpha value is -3.71. The Morgan fingerprint density at radius 1 is 0.857 bits per heavy atom. The topological polar surface area (TPSA) is 87.4 Å². The minimum absolute atomic E-state index is 0.155. The average molecular weight is 517 g/mol. The van der Waals surface area contributed by atoms with E-state index in [2.05, 4.69) is 0 Å². The summed E-state index contributed by atoms with van der Waals surface area (Å²) in [5, 5.41) is 1.11. The summed E-state index contributed by atoms with van der Waals surface area (Å²) in [5.41, 5.74) is -4.01. The molecule has 0 spiro atoms. The Bertz CT molecular complexity index is 1500. The molecule has 0 amide bonds. The van der Waals surface area contributed by atoms with Crippen LogP contribution in [0.3, 0.4) is 0 Å². The van der Waals surface area contributed by atoms with Crippen LogP contribution in [0.25, 0.3) is 21.8 Å². The number of esters is 1. The fourth-order valence-corrected chi connectivity index (χ4v) is 3.20. The average Bonchev–Trinajstić information content (AvgIpc) is 2.79. The van der Waals surface area contributed by atoms with Gasteiger partial charge in [0, 0.05) is 12.1 Å². The molecule has 0 aliphatic rings. The van der Waals surface area contributed by atoms with E-state index in [4.69, 9.17) is 17.7 Å². The van der Waals surface area contributed by atoms with Crippen LogP contribution in [-0.4, -0.2) is 24.4 Å². The molecule has 0 saturated heterocycles. The van der Waals surface area contributed by atoms with Gasteiger partial charge in [0.2, 0.25) is 22.6 Å². The molecule has 0 unspecified atom stereocenters. The summed E-state index contributed by atoms with van der Waals surface area (Å²) in [4.78, 5) is 12.9. The van der Waals surface area contributed by atoms with Crippen molar-refractivity contribution in [3.8, 4) is 5.75 Å². The fraction of sp³-hybridized carbons (Fsp3) is 0.0909. The van der Waals surface area contributed by atoms with Crippen LogP contribution in [0.1, 0.15) is 10.4 Å². The molecule has 3 aromatic carbocycles. The van der Waals surface area contributed by atoms with E-state index in [1.165, 1.54) is 0 Å². The number of carbonyl (C=O) groups is 1. The van der Waals surface area contributed by atoms with Crippen molar-refractivity contribution < 1.29 is 53.4 Å². The lowest BCUT2D eigenvalue weighted by atomic mass is 10.0. The van der Waals surface area contributed by atoms with Crippen molar-refractivity contribution in [3.63, 3.8) is 0 Å². The number of aromatic nitrogens is 1. The molecule has 0 N–H and O–H groups in total. The SMILES string of the molecule is C[n+]1c2ccccc2c(C(=O)Oc2c(F)ccc(F)c2F)c2ccccc21.O=S(=O)([O-])C(F)(F)F. The molecule has 0 fully saturated rings. The van der Waals surface area contributed by atoms with Crippen LogP contribution in [-0.2, 0) is 17.2 Å². The first kappa shape index (κ1) is 25.9. The third kappa shape index (κ3) is 5.20. The molecule has 0 atom stereocenters. The predicted octanol–water partition coefficient (Wildman–Crippen LogP) is 4.51. The fourth-order valence-electron chi connectivity index (χ4n) is 3.20. The van der Waals surface area contributed by atoms with Gasteiger partial charge in [-0.2, -0.15) is 22.1 Å². The van der Waals surface area contributed by atoms with Crippen molar-refractivity contribution in [1.29, 1.82) is 0 Å². The van der Waals surface area contributed by atoms with Gasteiger partial charge in [-0.3, -0.25) is 0 Å². The highest BCUT2D eigenvalue weighted by Gasteiger charge is 2.37. The molecule has 0 radical (unpaired) electrons. The van der Waals surface area contributed by atoms with Crippen molar-refractivity contribution in [3.05, 3.63) is 83.7 Å². The lowest BCUT2D eigenvalue weighted by Crippen LogP contribution is -2.31. The Morgan fingerprint density at radius 3 is 1.74 bits per heavy atom. The lowest BCUT2D eigenvalue weighted by Gasteiger charge is -2.11. The second-order valence-corrected chi connectivity index (χ2v) is 8.30. The Balaban J connectivity index is 0.000000371. The summed E-state index contributed by atoms with van der Waals surface area (Å²) in [6, 6.07) is 15.6. The van der Waals surface area contributed by atoms with Gasteiger partial charge >= 0.3 is 11.5 Å². The van der Waals surface area contributed by atoms with Crippen LogP contribution < -0.4 is 9.30 Å². The highest BCUT2D eigenvalue weighted by Crippen LogP contribution is 2.29. The van der Waals surface area contributed by atoms with Gasteiger partial charge in [-0.1, -0.05) is 24.3 Å². The quantitative estimate of drug-likeness (QED) is 0.0571. The first-order valence-corrected chi connectivity index (χ1v) is 10.8. The number of fused-ring (bicyclic) bond motifs is 2. The van der Waals surface area contributed by atoms with E-state index in [1.54, 1.807) is 24.3 Å². The highest BCUT2D eigenvalue weighted by molar-refractivity contribution is 7.86. The van der Waals surface area contributed by atoms with Gasteiger partial charge in [-0.15, -0.1) is 0 Å². The van der Waals surface area contributed by atoms with E-state index in [-0.39, 0.29) is 5.56 Å². The van der Waals surface area contributed by atoms with E-state index < -0.39 is 44.8 Å². The molecule has 6 nitrogen and oxygen atoms in total. The summed E-state index contributed by atoms with van der Waals surface area (Å²) in [5.74, 6) is -6.02. The minimum atomic E-state index is -6.09. The van der Waals surface area contributed by atoms with Crippen LogP contribution in [0, 0.1) is 17.5 Å². The molecule has 0 saturated carbocycles. The minimum Gasteiger partial charge on any atom is -0.741 e. The molecule has 1 heterocycles. The number of benzene rings is 3. The summed E-state index contributed by atoms with van der Waals surface area (Å²) in [6.07, 6.45) is 0. The van der Waals surface area contributed by atoms with Gasteiger partial charge in [0.05, 0.1) is 16.3 Å². The van der Waals surface area contributed by atoms with Gasteiger partial charge in [-0.25, -0.2) is 22.0 Å². The molecule has 0 aliphatic carbocycles. The lowest BCUT2D eigenvalue weighted by molar-refractivity contribution is -0.617. The summed E-state index contributed by atoms with van der Waals surface area (Å²) in [7, 11) is -4.24. The van der Waals surface area contributed by atoms with Crippen LogP contribution in [0.5, 0.6) is 5.75 Å². The van der Waals surface area contributed by atoms with Crippen LogP contribution in [0.4, 0.5) is 26.3 Å². The maximum Gasteiger partial charge on any atom is 0.485 e. The number of hydrogen-bond acceptors (Lipinski definition) is 5. The first-order chi connectivity index (χ1) is 16.2. The van der Waals surface area contributed by atoms with Gasteiger partial charge in [0.25, 0.3) is 0 Å². The monoisotopic (exact) mass is 517 g/mol. The van der Waals surface area contributed by atoms with Crippen molar-refractivity contribution in [2.24, 2.45) is 7.05 Å². The Kier molecular flexibility index (Phi) is 7.03. The molecule has 184 valence electrons. The van der Waals surface area contributed by atoms with Gasteiger partial charge in [-0.05, 0) is 24.3 Å². The molecule has 4 rings (SSSR count). The number of ether oxygens (including phenoxy) is 1. The van der Waals surface area contributed by atoms with E-state index in [0.29, 0.717) is 22.9 Å². The van der Waals surface area contributed by atoms with Gasteiger partial charge < -0.3 is 9.29 Å². The number of nitrogens with zero attached hydrogens (tertiary/aromatic N) is 1. The van der Waals surface area contributed by atoms with Crippen LogP contribution >= 0.6 is 0 Å².